The third-order valence-corrected chi connectivity index (χ3v) is 5.54. The Kier molecular flexibility index (Phi) is 5.43. The third kappa shape index (κ3) is 3.93. The Morgan fingerprint density at radius 2 is 1.66 bits per heavy atom. The van der Waals surface area contributed by atoms with Crippen LogP contribution in [0.1, 0.15) is 23.2 Å². The Hall–Kier alpha value is -2.64. The molecule has 0 aliphatic carbocycles. The summed E-state index contributed by atoms with van der Waals surface area (Å²) in [4.78, 5) is 46.1. The first kappa shape index (κ1) is 19.7. The molecule has 2 fully saturated rings. The molecule has 1 aromatic carbocycles. The fraction of sp³-hybridized carbons (Fsp3) is 0.300. The smallest absolute Gasteiger partial charge is 0.254 e. The Morgan fingerprint density at radius 3 is 2.31 bits per heavy atom. The van der Waals surface area contributed by atoms with E-state index >= 15 is 0 Å². The first-order valence-electron chi connectivity index (χ1n) is 9.25. The molecule has 7 nitrogen and oxygen atoms in total. The molecule has 3 amide bonds. The molecule has 2 saturated heterocycles. The first-order valence-corrected chi connectivity index (χ1v) is 10.0. The summed E-state index contributed by atoms with van der Waals surface area (Å²) in [5.74, 6) is 0.0399. The summed E-state index contributed by atoms with van der Waals surface area (Å²) in [6, 6.07) is 8.31. The van der Waals surface area contributed by atoms with Gasteiger partial charge in [-0.15, -0.1) is 0 Å². The van der Waals surface area contributed by atoms with E-state index in [2.05, 4.69) is 4.98 Å². The SMILES string of the molecule is O=C(c1cccc(N2C(=O)CCC2=O)c1)N1CCN(c2ncc(Cl)cc2Cl)CC1. The predicted molar refractivity (Wildman–Crippen MR) is 111 cm³/mol. The van der Waals surface area contributed by atoms with Gasteiger partial charge in [0.2, 0.25) is 11.8 Å². The maximum absolute atomic E-state index is 12.9. The van der Waals surface area contributed by atoms with Gasteiger partial charge < -0.3 is 9.80 Å². The second kappa shape index (κ2) is 8.00. The summed E-state index contributed by atoms with van der Waals surface area (Å²) >= 11 is 12.1. The first-order chi connectivity index (χ1) is 13.9. The van der Waals surface area contributed by atoms with Crippen molar-refractivity contribution in [1.82, 2.24) is 9.88 Å². The molecule has 0 N–H and O–H groups in total. The number of aromatic nitrogens is 1. The van der Waals surface area contributed by atoms with Gasteiger partial charge in [0, 0.05) is 50.8 Å². The van der Waals surface area contributed by atoms with E-state index in [4.69, 9.17) is 23.2 Å². The fourth-order valence-electron chi connectivity index (χ4n) is 3.59. The number of halogens is 2. The largest absolute Gasteiger partial charge is 0.352 e. The molecule has 29 heavy (non-hydrogen) atoms. The van der Waals surface area contributed by atoms with Gasteiger partial charge >= 0.3 is 0 Å². The molecule has 4 rings (SSSR count). The van der Waals surface area contributed by atoms with Crippen LogP contribution in [0.4, 0.5) is 11.5 Å². The monoisotopic (exact) mass is 432 g/mol. The summed E-state index contributed by atoms with van der Waals surface area (Å²) in [6.45, 7) is 2.18. The molecule has 0 spiro atoms. The number of rotatable bonds is 3. The van der Waals surface area contributed by atoms with Crippen LogP contribution in [0.2, 0.25) is 10.0 Å². The number of anilines is 2. The van der Waals surface area contributed by atoms with E-state index in [9.17, 15) is 14.4 Å². The highest BCUT2D eigenvalue weighted by Gasteiger charge is 2.31. The summed E-state index contributed by atoms with van der Waals surface area (Å²) in [5.41, 5.74) is 0.894. The van der Waals surface area contributed by atoms with Crippen LogP contribution in [0.5, 0.6) is 0 Å². The summed E-state index contributed by atoms with van der Waals surface area (Å²) in [5, 5.41) is 0.951. The van der Waals surface area contributed by atoms with Crippen molar-refractivity contribution in [3.05, 3.63) is 52.1 Å². The number of carbonyl (C=O) groups excluding carboxylic acids is 3. The van der Waals surface area contributed by atoms with Gasteiger partial charge in [-0.05, 0) is 24.3 Å². The van der Waals surface area contributed by atoms with E-state index in [1.807, 2.05) is 4.90 Å². The summed E-state index contributed by atoms with van der Waals surface area (Å²) in [7, 11) is 0. The molecule has 0 bridgehead atoms. The topological polar surface area (TPSA) is 73.8 Å². The molecule has 2 aliphatic rings. The zero-order valence-corrected chi connectivity index (χ0v) is 17.0. The van der Waals surface area contributed by atoms with Gasteiger partial charge in [-0.3, -0.25) is 19.3 Å². The molecule has 0 radical (unpaired) electrons. The molecule has 150 valence electrons. The number of hydrogen-bond acceptors (Lipinski definition) is 5. The quantitative estimate of drug-likeness (QED) is 0.696. The van der Waals surface area contributed by atoms with Crippen LogP contribution in [0.3, 0.4) is 0 Å². The van der Waals surface area contributed by atoms with Crippen LogP contribution in [-0.4, -0.2) is 53.8 Å². The number of carbonyl (C=O) groups is 3. The van der Waals surface area contributed by atoms with E-state index in [1.54, 1.807) is 41.4 Å². The van der Waals surface area contributed by atoms with Crippen molar-refractivity contribution in [2.45, 2.75) is 12.8 Å². The van der Waals surface area contributed by atoms with Crippen molar-refractivity contribution < 1.29 is 14.4 Å². The lowest BCUT2D eigenvalue weighted by atomic mass is 10.1. The minimum absolute atomic E-state index is 0.138. The van der Waals surface area contributed by atoms with Crippen molar-refractivity contribution in [3.8, 4) is 0 Å². The zero-order chi connectivity index (χ0) is 20.5. The van der Waals surface area contributed by atoms with E-state index in [0.717, 1.165) is 4.90 Å². The molecular formula is C20H18Cl2N4O3. The number of pyridine rings is 1. The minimum atomic E-state index is -0.236. The molecule has 1 aromatic heterocycles. The van der Waals surface area contributed by atoms with Gasteiger partial charge in [-0.25, -0.2) is 4.98 Å². The number of amides is 3. The van der Waals surface area contributed by atoms with Crippen LogP contribution in [0.15, 0.2) is 36.5 Å². The highest BCUT2D eigenvalue weighted by Crippen LogP contribution is 2.28. The molecule has 2 aromatic rings. The standard InChI is InChI=1S/C20H18Cl2N4O3/c21-14-11-16(22)19(23-12-14)24-6-8-25(9-7-24)20(29)13-2-1-3-15(10-13)26-17(27)4-5-18(26)28/h1-3,10-12H,4-9H2. The van der Waals surface area contributed by atoms with E-state index < -0.39 is 0 Å². The third-order valence-electron chi connectivity index (χ3n) is 5.06. The normalized spacial score (nSPS) is 17.2. The Morgan fingerprint density at radius 1 is 0.966 bits per heavy atom. The lowest BCUT2D eigenvalue weighted by Crippen LogP contribution is -2.49. The molecule has 3 heterocycles. The van der Waals surface area contributed by atoms with Crippen LogP contribution in [-0.2, 0) is 9.59 Å². The molecule has 2 aliphatic heterocycles. The predicted octanol–water partition coefficient (Wildman–Crippen LogP) is 3.00. The van der Waals surface area contributed by atoms with Crippen molar-refractivity contribution >= 4 is 52.4 Å². The van der Waals surface area contributed by atoms with Crippen LogP contribution in [0.25, 0.3) is 0 Å². The molecule has 0 atom stereocenters. The lowest BCUT2D eigenvalue weighted by Gasteiger charge is -2.35. The molecular weight excluding hydrogens is 415 g/mol. The Bertz CT molecular complexity index is 973. The summed E-state index contributed by atoms with van der Waals surface area (Å²) < 4.78 is 0. The van der Waals surface area contributed by atoms with Gasteiger partial charge in [-0.1, -0.05) is 29.3 Å². The number of imide groups is 1. The van der Waals surface area contributed by atoms with Gasteiger partial charge in [0.05, 0.1) is 15.7 Å². The number of benzene rings is 1. The fourth-order valence-corrected chi connectivity index (χ4v) is 4.09. The Balaban J connectivity index is 1.45. The van der Waals surface area contributed by atoms with Crippen LogP contribution >= 0.6 is 23.2 Å². The maximum Gasteiger partial charge on any atom is 0.254 e. The van der Waals surface area contributed by atoms with E-state index in [1.165, 1.54) is 0 Å². The van der Waals surface area contributed by atoms with Crippen molar-refractivity contribution in [2.24, 2.45) is 0 Å². The average molecular weight is 433 g/mol. The van der Waals surface area contributed by atoms with E-state index in [0.29, 0.717) is 53.3 Å². The number of nitrogens with zero attached hydrogens (tertiary/aromatic N) is 4. The van der Waals surface area contributed by atoms with Crippen LogP contribution in [0, 0.1) is 0 Å². The number of hydrogen-bond donors (Lipinski definition) is 0. The van der Waals surface area contributed by atoms with Gasteiger partial charge in [-0.2, -0.15) is 0 Å². The highest BCUT2D eigenvalue weighted by molar-refractivity contribution is 6.36. The van der Waals surface area contributed by atoms with Crippen molar-refractivity contribution in [2.75, 3.05) is 36.0 Å². The van der Waals surface area contributed by atoms with Gasteiger partial charge in [0.25, 0.3) is 5.91 Å². The molecule has 0 unspecified atom stereocenters. The second-order valence-electron chi connectivity index (χ2n) is 6.91. The van der Waals surface area contributed by atoms with Gasteiger partial charge in [0.1, 0.15) is 5.82 Å². The molecule has 9 heteroatoms. The minimum Gasteiger partial charge on any atom is -0.352 e. The lowest BCUT2D eigenvalue weighted by molar-refractivity contribution is -0.121. The highest BCUT2D eigenvalue weighted by atomic mass is 35.5. The second-order valence-corrected chi connectivity index (χ2v) is 7.76. The van der Waals surface area contributed by atoms with Crippen LogP contribution < -0.4 is 9.80 Å². The summed E-state index contributed by atoms with van der Waals surface area (Å²) in [6.07, 6.45) is 1.97. The molecule has 0 saturated carbocycles. The number of piperazine rings is 1. The average Bonchev–Trinajstić information content (AvgIpc) is 3.06. The van der Waals surface area contributed by atoms with Crippen molar-refractivity contribution in [3.63, 3.8) is 0 Å². The van der Waals surface area contributed by atoms with Gasteiger partial charge in [0.15, 0.2) is 0 Å². The maximum atomic E-state index is 12.9. The van der Waals surface area contributed by atoms with E-state index in [-0.39, 0.29) is 30.6 Å². The zero-order valence-electron chi connectivity index (χ0n) is 15.5. The Labute approximate surface area is 177 Å². The van der Waals surface area contributed by atoms with Crippen molar-refractivity contribution in [1.29, 1.82) is 0 Å².